The Bertz CT molecular complexity index is 3890. The average molecular weight is 1230 g/mol. The van der Waals surface area contributed by atoms with Gasteiger partial charge in [-0.05, 0) is 36.4 Å². The number of rotatable bonds is 7. The van der Waals surface area contributed by atoms with Crippen LogP contribution in [0.4, 0.5) is 40.8 Å². The lowest BCUT2D eigenvalue weighted by Gasteiger charge is -2.08. The normalized spacial score (nSPS) is 9.91. The number of nitrogens with zero attached hydrogens (tertiary/aromatic N) is 11. The Labute approximate surface area is 457 Å². The predicted molar refractivity (Wildman–Crippen MR) is 305 cm³/mol. The molecule has 384 valence electrons. The summed E-state index contributed by atoms with van der Waals surface area (Å²) in [6.45, 7) is 0.104. The zero-order valence-corrected chi connectivity index (χ0v) is 45.6. The third-order valence-corrected chi connectivity index (χ3v) is 27.0. The van der Waals surface area contributed by atoms with Crippen molar-refractivity contribution in [1.29, 1.82) is 10.5 Å². The number of nitrogens with two attached hydrogens (primary N) is 3. The van der Waals surface area contributed by atoms with Crippen molar-refractivity contribution in [3.05, 3.63) is 146 Å². The zero-order chi connectivity index (χ0) is 53.2. The van der Waals surface area contributed by atoms with E-state index in [9.17, 15) is 27.7 Å². The van der Waals surface area contributed by atoms with Gasteiger partial charge in [0.15, 0.2) is 11.3 Å². The average Bonchev–Trinajstić information content (AvgIpc) is 3.96. The van der Waals surface area contributed by atoms with Crippen molar-refractivity contribution in [3.63, 3.8) is 0 Å². The summed E-state index contributed by atoms with van der Waals surface area (Å²) in [6, 6.07) is 19.4. The van der Waals surface area contributed by atoms with Gasteiger partial charge in [0, 0.05) is 136 Å². The quantitative estimate of drug-likeness (QED) is 0.0350. The van der Waals surface area contributed by atoms with Crippen LogP contribution in [-0.4, -0.2) is 61.6 Å². The van der Waals surface area contributed by atoms with Gasteiger partial charge < -0.3 is 27.2 Å². The first-order chi connectivity index (χ1) is 35.0. The maximum atomic E-state index is 14.7. The highest BCUT2D eigenvalue weighted by molar-refractivity contribution is 8.74. The molecular weight excluding hydrogens is 1200 g/mol. The minimum absolute atomic E-state index is 0. The minimum Gasteiger partial charge on any atom is -0.423 e. The summed E-state index contributed by atoms with van der Waals surface area (Å²) in [6.07, 6.45) is 2.90. The number of aromatic nitrogens is 8. The van der Waals surface area contributed by atoms with E-state index in [4.69, 9.17) is 49.4 Å². The summed E-state index contributed by atoms with van der Waals surface area (Å²) in [5.74, 6) is -2.88. The van der Waals surface area contributed by atoms with E-state index in [1.807, 2.05) is 0 Å². The highest BCUT2D eigenvalue weighted by atomic mass is 35.5. The number of hydrogen-bond donors (Lipinski definition) is 5. The van der Waals surface area contributed by atoms with E-state index < -0.39 is 35.3 Å². The number of nitrogen functional groups attached to an aromatic ring is 3. The molecule has 0 aliphatic carbocycles. The third kappa shape index (κ3) is 16.6. The van der Waals surface area contributed by atoms with Gasteiger partial charge >= 0.3 is 7.12 Å². The lowest BCUT2D eigenvalue weighted by atomic mass is 9.79. The van der Waals surface area contributed by atoms with Crippen LogP contribution in [0.15, 0.2) is 85.2 Å². The van der Waals surface area contributed by atoms with Gasteiger partial charge in [-0.3, -0.25) is 10.1 Å². The number of anilines is 3. The molecule has 0 aliphatic rings. The molecule has 0 amide bonds. The number of non-ortho nitro benzene ring substituents is 1. The van der Waals surface area contributed by atoms with Crippen molar-refractivity contribution in [3.8, 4) is 23.4 Å². The molecule has 0 saturated carbocycles. The number of nitro benzene ring substituents is 1. The van der Waals surface area contributed by atoms with Crippen molar-refractivity contribution >= 4 is 172 Å². The van der Waals surface area contributed by atoms with Crippen LogP contribution in [0.1, 0.15) is 29.7 Å². The highest BCUT2D eigenvalue weighted by Gasteiger charge is 2.20. The van der Waals surface area contributed by atoms with Gasteiger partial charge in [-0.15, -0.1) is 0 Å². The van der Waals surface area contributed by atoms with E-state index in [-0.39, 0.29) is 76.7 Å². The third-order valence-electron chi connectivity index (χ3n) is 8.97. The molecule has 35 heteroatoms. The number of hydrogen-bond acceptors (Lipinski definition) is 17. The Kier molecular flexibility index (Phi) is 24.5. The largest absolute Gasteiger partial charge is 0.491 e. The fraction of sp³-hybridized carbons (Fsp3) is 0.0769. The molecule has 0 saturated heterocycles. The molecular formula is C39H30BClF4N14O4S11. The molecule has 4 aromatic carbocycles. The first kappa shape index (κ1) is 60.7. The Morgan fingerprint density at radius 2 is 1.20 bits per heavy atom. The molecule has 0 aliphatic heterocycles. The smallest absolute Gasteiger partial charge is 0.423 e. The van der Waals surface area contributed by atoms with Crippen LogP contribution in [-0.2, 0) is 115 Å². The van der Waals surface area contributed by atoms with Crippen LogP contribution in [0.2, 0.25) is 5.15 Å². The molecule has 0 unspecified atom stereocenters. The summed E-state index contributed by atoms with van der Waals surface area (Å²) in [4.78, 5) is 26.1. The van der Waals surface area contributed by atoms with Gasteiger partial charge in [0.1, 0.15) is 40.6 Å². The molecule has 0 spiro atoms. The van der Waals surface area contributed by atoms with Crippen LogP contribution >= 0.6 is 11.6 Å². The Hall–Kier alpha value is -5.83. The van der Waals surface area contributed by atoms with Crippen LogP contribution in [0.5, 0.6) is 0 Å². The SMILES string of the molecule is C.N#Cc1cccc(-c2nc(N)nc3c2cnn3Cc2ccc(N)cc2F)c1F.N#Cc1cccc(B(O)O)c1F.Nc1nc(Cl)c2cnn(Cc3ccc([N+](=O)[O-])cc3F)c2n1.S=S=S=S=S=S=S=S=S=S=S. The Morgan fingerprint density at radius 1 is 0.703 bits per heavy atom. The van der Waals surface area contributed by atoms with Gasteiger partial charge in [0.2, 0.25) is 11.9 Å². The van der Waals surface area contributed by atoms with E-state index in [0.29, 0.717) is 33.3 Å². The lowest BCUT2D eigenvalue weighted by Crippen LogP contribution is -2.33. The summed E-state index contributed by atoms with van der Waals surface area (Å²) in [5, 5.41) is 54.7. The fourth-order valence-corrected chi connectivity index (χ4v) is 25.3. The molecule has 0 radical (unpaired) electrons. The van der Waals surface area contributed by atoms with E-state index in [0.717, 1.165) is 6.07 Å². The fourth-order valence-electron chi connectivity index (χ4n) is 5.85. The number of nitro groups is 1. The second-order valence-corrected chi connectivity index (χ2v) is 29.6. The summed E-state index contributed by atoms with van der Waals surface area (Å²) >= 11 is 15.3. The van der Waals surface area contributed by atoms with E-state index in [2.05, 4.69) is 52.5 Å². The Balaban J connectivity index is 0.000000229. The predicted octanol–water partition coefficient (Wildman–Crippen LogP) is 5.00. The highest BCUT2D eigenvalue weighted by Crippen LogP contribution is 2.31. The van der Waals surface area contributed by atoms with Crippen LogP contribution in [0.25, 0.3) is 33.3 Å². The molecule has 4 heterocycles. The summed E-state index contributed by atoms with van der Waals surface area (Å²) in [7, 11) is 12.6. The van der Waals surface area contributed by atoms with Crippen LogP contribution < -0.4 is 22.7 Å². The van der Waals surface area contributed by atoms with Gasteiger partial charge in [0.05, 0.1) is 64.1 Å². The first-order valence-electron chi connectivity index (χ1n) is 19.1. The van der Waals surface area contributed by atoms with Gasteiger partial charge in [0.25, 0.3) is 5.69 Å². The monoisotopic (exact) mass is 1230 g/mol. The molecule has 0 atom stereocenters. The van der Waals surface area contributed by atoms with Crippen LogP contribution in [0, 0.1) is 56.0 Å². The molecule has 0 fully saturated rings. The lowest BCUT2D eigenvalue weighted by molar-refractivity contribution is -0.385. The van der Waals surface area contributed by atoms with Crippen LogP contribution in [0.3, 0.4) is 0 Å². The van der Waals surface area contributed by atoms with Crippen molar-refractivity contribution in [2.75, 3.05) is 17.2 Å². The second kappa shape index (κ2) is 29.9. The number of fused-ring (bicyclic) bond motifs is 2. The molecule has 8 rings (SSSR count). The van der Waals surface area contributed by atoms with E-state index in [1.54, 1.807) is 92.5 Å². The molecule has 8 N–H and O–H groups in total. The summed E-state index contributed by atoms with van der Waals surface area (Å²) < 4.78 is 58.5. The van der Waals surface area contributed by atoms with Crippen molar-refractivity contribution < 1.29 is 32.5 Å². The maximum Gasteiger partial charge on any atom is 0.491 e. The van der Waals surface area contributed by atoms with Crippen molar-refractivity contribution in [1.82, 2.24) is 39.5 Å². The van der Waals surface area contributed by atoms with E-state index in [1.165, 1.54) is 88.0 Å². The maximum absolute atomic E-state index is 14.7. The van der Waals surface area contributed by atoms with Crippen molar-refractivity contribution in [2.45, 2.75) is 20.5 Å². The Morgan fingerprint density at radius 3 is 1.73 bits per heavy atom. The van der Waals surface area contributed by atoms with Gasteiger partial charge in [-0.1, -0.05) is 43.3 Å². The second-order valence-electron chi connectivity index (χ2n) is 13.4. The first-order valence-corrected chi connectivity index (χ1v) is 32.8. The molecule has 0 bridgehead atoms. The van der Waals surface area contributed by atoms with Gasteiger partial charge in [-0.2, -0.15) is 30.7 Å². The van der Waals surface area contributed by atoms with E-state index >= 15 is 0 Å². The topological polar surface area (TPSA) is 296 Å². The molecule has 8 aromatic rings. The standard InChI is InChI=1S/C19H13F2N7.C12H8ClFN6O2.C7H5BFNO2.CH4.S11/c20-15-6-12(23)5-4-11(15)9-28-18-14(8-25-28)17(26-19(24)27-18)13-3-1-2-10(7-22)16(13)21;13-10-8-4-16-19(11(8)18-12(15)17-10)5-6-1-2-7(20(21)22)3-9(6)14;9-7-5(4-10)2-1-3-6(7)8(11)12;;1-3-5-7-9-11-10-8-6-4-2/h1-6,8H,9,23H2,(H2,24,26,27);1-4H,5H2,(H2,15,17,18);1-3,11-12H;1H4;. The molecule has 74 heavy (non-hydrogen) atoms. The zero-order valence-electron chi connectivity index (χ0n) is 35.8. The molecule has 18 nitrogen and oxygen atoms in total. The minimum atomic E-state index is -1.88. The number of halogens is 5. The number of benzene rings is 4. The number of nitriles is 2. The van der Waals surface area contributed by atoms with Gasteiger partial charge in [-0.25, -0.2) is 36.9 Å². The van der Waals surface area contributed by atoms with Crippen molar-refractivity contribution in [2.24, 2.45) is 0 Å². The summed E-state index contributed by atoms with van der Waals surface area (Å²) in [5.41, 5.74) is 17.9. The molecule has 4 aromatic heterocycles.